The lowest BCUT2D eigenvalue weighted by Gasteiger charge is -2.33. The van der Waals surface area contributed by atoms with Gasteiger partial charge in [-0.3, -0.25) is 0 Å². The van der Waals surface area contributed by atoms with Gasteiger partial charge in [0.05, 0.1) is 6.10 Å². The van der Waals surface area contributed by atoms with Gasteiger partial charge in [0.1, 0.15) is 0 Å². The first-order valence-corrected chi connectivity index (χ1v) is 8.00. The molecule has 4 atom stereocenters. The fourth-order valence-electron chi connectivity index (χ4n) is 3.79. The second kappa shape index (κ2) is 6.93. The molecule has 1 N–H and O–H groups in total. The number of aliphatic hydroxyl groups is 1. The van der Waals surface area contributed by atoms with Gasteiger partial charge in [0, 0.05) is 0 Å². The zero-order chi connectivity index (χ0) is 13.8. The van der Waals surface area contributed by atoms with Crippen molar-refractivity contribution in [1.82, 2.24) is 0 Å². The van der Waals surface area contributed by atoms with Gasteiger partial charge in [0.25, 0.3) is 0 Å². The highest BCUT2D eigenvalue weighted by Crippen LogP contribution is 2.36. The Hall–Kier alpha value is -0.0400. The molecule has 0 radical (unpaired) electrons. The number of hydrogen-bond acceptors (Lipinski definition) is 1. The second-order valence-corrected chi connectivity index (χ2v) is 7.87. The predicted molar refractivity (Wildman–Crippen MR) is 79.6 cm³/mol. The molecule has 1 saturated carbocycles. The number of aliphatic hydroxyl groups excluding tert-OH is 1. The number of hydrogen-bond donors (Lipinski definition) is 1. The lowest BCUT2D eigenvalue weighted by Crippen LogP contribution is -2.28. The monoisotopic (exact) mass is 254 g/mol. The number of rotatable bonds is 5. The van der Waals surface area contributed by atoms with Gasteiger partial charge in [0.2, 0.25) is 0 Å². The molecule has 1 aliphatic rings. The van der Waals surface area contributed by atoms with E-state index in [9.17, 15) is 5.11 Å². The van der Waals surface area contributed by atoms with Crippen molar-refractivity contribution >= 4 is 0 Å². The molecule has 0 spiro atoms. The summed E-state index contributed by atoms with van der Waals surface area (Å²) in [4.78, 5) is 0. The Balaban J connectivity index is 2.37. The van der Waals surface area contributed by atoms with E-state index < -0.39 is 0 Å². The standard InChI is InChI=1S/C17H34O/c1-6-14-8-7-9-15(11-14)16(18)10-13(2)12-17(3,4)5/h13-16,18H,6-12H2,1-5H3. The molecule has 4 unspecified atom stereocenters. The quantitative estimate of drug-likeness (QED) is 0.730. The summed E-state index contributed by atoms with van der Waals surface area (Å²) in [5.41, 5.74) is 0.387. The second-order valence-electron chi connectivity index (χ2n) is 7.87. The molecule has 0 aromatic rings. The van der Waals surface area contributed by atoms with E-state index in [1.54, 1.807) is 0 Å². The first-order chi connectivity index (χ1) is 8.31. The van der Waals surface area contributed by atoms with Crippen LogP contribution in [-0.4, -0.2) is 11.2 Å². The van der Waals surface area contributed by atoms with E-state index in [1.165, 1.54) is 38.5 Å². The van der Waals surface area contributed by atoms with Crippen LogP contribution in [0.15, 0.2) is 0 Å². The molecule has 0 heterocycles. The van der Waals surface area contributed by atoms with E-state index in [1.807, 2.05) is 0 Å². The predicted octanol–water partition coefficient (Wildman–Crippen LogP) is 5.03. The van der Waals surface area contributed by atoms with Gasteiger partial charge in [-0.2, -0.15) is 0 Å². The molecule has 1 rings (SSSR count). The molecular formula is C17H34O. The fraction of sp³-hybridized carbons (Fsp3) is 1.00. The molecule has 0 saturated heterocycles. The summed E-state index contributed by atoms with van der Waals surface area (Å²) in [7, 11) is 0. The summed E-state index contributed by atoms with van der Waals surface area (Å²) >= 11 is 0. The van der Waals surface area contributed by atoms with Gasteiger partial charge in [-0.15, -0.1) is 0 Å². The Kier molecular flexibility index (Phi) is 6.17. The largest absolute Gasteiger partial charge is 0.393 e. The van der Waals surface area contributed by atoms with Gasteiger partial charge in [-0.1, -0.05) is 53.9 Å². The molecular weight excluding hydrogens is 220 g/mol. The van der Waals surface area contributed by atoms with E-state index in [0.29, 0.717) is 17.3 Å². The maximum atomic E-state index is 10.5. The molecule has 0 aliphatic heterocycles. The van der Waals surface area contributed by atoms with E-state index >= 15 is 0 Å². The van der Waals surface area contributed by atoms with Crippen LogP contribution in [0.5, 0.6) is 0 Å². The zero-order valence-electron chi connectivity index (χ0n) is 13.2. The third-order valence-electron chi connectivity index (χ3n) is 4.55. The normalized spacial score (nSPS) is 29.0. The van der Waals surface area contributed by atoms with Crippen molar-refractivity contribution in [2.75, 3.05) is 0 Å². The molecule has 1 nitrogen and oxygen atoms in total. The van der Waals surface area contributed by atoms with E-state index in [4.69, 9.17) is 0 Å². The van der Waals surface area contributed by atoms with Crippen LogP contribution >= 0.6 is 0 Å². The van der Waals surface area contributed by atoms with Gasteiger partial charge >= 0.3 is 0 Å². The minimum Gasteiger partial charge on any atom is -0.393 e. The highest BCUT2D eigenvalue weighted by Gasteiger charge is 2.28. The van der Waals surface area contributed by atoms with Gasteiger partial charge in [0.15, 0.2) is 0 Å². The van der Waals surface area contributed by atoms with Crippen molar-refractivity contribution in [2.45, 2.75) is 85.7 Å². The Labute approximate surface area is 114 Å². The Morgan fingerprint density at radius 3 is 2.44 bits per heavy atom. The van der Waals surface area contributed by atoms with Crippen LogP contribution in [0.1, 0.15) is 79.6 Å². The fourth-order valence-corrected chi connectivity index (χ4v) is 3.79. The highest BCUT2D eigenvalue weighted by molar-refractivity contribution is 4.79. The van der Waals surface area contributed by atoms with Crippen LogP contribution in [0.3, 0.4) is 0 Å². The van der Waals surface area contributed by atoms with Gasteiger partial charge in [-0.25, -0.2) is 0 Å². The Morgan fingerprint density at radius 1 is 1.22 bits per heavy atom. The third-order valence-corrected chi connectivity index (χ3v) is 4.55. The van der Waals surface area contributed by atoms with Gasteiger partial charge < -0.3 is 5.11 Å². The average molecular weight is 254 g/mol. The molecule has 1 aliphatic carbocycles. The lowest BCUT2D eigenvalue weighted by molar-refractivity contribution is 0.0454. The van der Waals surface area contributed by atoms with Gasteiger partial charge in [-0.05, 0) is 48.9 Å². The minimum absolute atomic E-state index is 0.0586. The van der Waals surface area contributed by atoms with Crippen LogP contribution in [-0.2, 0) is 0 Å². The molecule has 108 valence electrons. The summed E-state index contributed by atoms with van der Waals surface area (Å²) in [5.74, 6) is 2.09. The molecule has 0 aromatic carbocycles. The summed E-state index contributed by atoms with van der Waals surface area (Å²) in [6.45, 7) is 11.5. The summed E-state index contributed by atoms with van der Waals surface area (Å²) in [6, 6.07) is 0. The van der Waals surface area contributed by atoms with E-state index in [0.717, 1.165) is 12.3 Å². The molecule has 1 heteroatoms. The molecule has 1 fully saturated rings. The first kappa shape index (κ1) is 16.0. The smallest absolute Gasteiger partial charge is 0.0571 e. The molecule has 0 bridgehead atoms. The van der Waals surface area contributed by atoms with Crippen LogP contribution in [0.4, 0.5) is 0 Å². The molecule has 18 heavy (non-hydrogen) atoms. The van der Waals surface area contributed by atoms with Crippen LogP contribution < -0.4 is 0 Å². The molecule has 0 amide bonds. The summed E-state index contributed by atoms with van der Waals surface area (Å²) < 4.78 is 0. The average Bonchev–Trinajstić information content (AvgIpc) is 2.26. The SMILES string of the molecule is CCC1CCCC(C(O)CC(C)CC(C)(C)C)C1. The highest BCUT2D eigenvalue weighted by atomic mass is 16.3. The van der Waals surface area contributed by atoms with Crippen LogP contribution in [0.25, 0.3) is 0 Å². The summed E-state index contributed by atoms with van der Waals surface area (Å²) in [5, 5.41) is 10.5. The van der Waals surface area contributed by atoms with Crippen molar-refractivity contribution in [3.63, 3.8) is 0 Å². The van der Waals surface area contributed by atoms with Crippen molar-refractivity contribution in [2.24, 2.45) is 23.2 Å². The van der Waals surface area contributed by atoms with Crippen molar-refractivity contribution in [1.29, 1.82) is 0 Å². The van der Waals surface area contributed by atoms with Crippen LogP contribution in [0.2, 0.25) is 0 Å². The van der Waals surface area contributed by atoms with Crippen molar-refractivity contribution in [3.8, 4) is 0 Å². The topological polar surface area (TPSA) is 20.2 Å². The maximum absolute atomic E-state index is 10.5. The lowest BCUT2D eigenvalue weighted by atomic mass is 9.75. The zero-order valence-corrected chi connectivity index (χ0v) is 13.2. The first-order valence-electron chi connectivity index (χ1n) is 8.00. The molecule has 0 aromatic heterocycles. The summed E-state index contributed by atoms with van der Waals surface area (Å²) in [6.07, 6.45) is 8.68. The van der Waals surface area contributed by atoms with Crippen molar-refractivity contribution < 1.29 is 5.11 Å². The van der Waals surface area contributed by atoms with E-state index in [-0.39, 0.29) is 6.10 Å². The maximum Gasteiger partial charge on any atom is 0.0571 e. The Bertz CT molecular complexity index is 228. The third kappa shape index (κ3) is 5.73. The van der Waals surface area contributed by atoms with E-state index in [2.05, 4.69) is 34.6 Å². The Morgan fingerprint density at radius 2 is 1.89 bits per heavy atom. The minimum atomic E-state index is -0.0586. The van der Waals surface area contributed by atoms with Crippen LogP contribution in [0, 0.1) is 23.2 Å². The van der Waals surface area contributed by atoms with Crippen molar-refractivity contribution in [3.05, 3.63) is 0 Å².